The first-order valence-corrected chi connectivity index (χ1v) is 11.7. The molecule has 2 aliphatic rings. The summed E-state index contributed by atoms with van der Waals surface area (Å²) in [4.78, 5) is 2.34. The maximum absolute atomic E-state index is 13.1. The molecule has 1 atom stereocenters. The highest BCUT2D eigenvalue weighted by Gasteiger charge is 2.33. The van der Waals surface area contributed by atoms with Crippen molar-refractivity contribution in [1.29, 1.82) is 0 Å². The molecule has 2 saturated heterocycles. The number of nitrogens with zero attached hydrogens (tertiary/aromatic N) is 2. The third-order valence-electron chi connectivity index (χ3n) is 4.75. The second-order valence-electron chi connectivity index (χ2n) is 6.85. The number of morpholine rings is 1. The van der Waals surface area contributed by atoms with Gasteiger partial charge in [0, 0.05) is 38.0 Å². The molecule has 0 saturated carbocycles. The molecule has 7 heteroatoms. The van der Waals surface area contributed by atoms with Crippen LogP contribution in [0.25, 0.3) is 0 Å². The fourth-order valence-corrected chi connectivity index (χ4v) is 6.42. The molecular weight excluding hydrogens is 356 g/mol. The molecular formula is C18H28N2O3S2. The van der Waals surface area contributed by atoms with Crippen molar-refractivity contribution in [1.82, 2.24) is 9.21 Å². The van der Waals surface area contributed by atoms with Crippen molar-refractivity contribution in [2.45, 2.75) is 25.1 Å². The minimum absolute atomic E-state index is 0.0559. The van der Waals surface area contributed by atoms with Gasteiger partial charge in [0.1, 0.15) is 0 Å². The van der Waals surface area contributed by atoms with E-state index in [1.54, 1.807) is 4.31 Å². The van der Waals surface area contributed by atoms with E-state index in [4.69, 9.17) is 4.74 Å². The van der Waals surface area contributed by atoms with Crippen LogP contribution in [0.15, 0.2) is 24.3 Å². The number of ether oxygens (including phenoxy) is 1. The van der Waals surface area contributed by atoms with Crippen molar-refractivity contribution in [3.05, 3.63) is 35.4 Å². The molecule has 5 nitrogen and oxygen atoms in total. The van der Waals surface area contributed by atoms with Crippen LogP contribution in [-0.4, -0.2) is 74.6 Å². The van der Waals surface area contributed by atoms with Gasteiger partial charge in [-0.05, 0) is 24.7 Å². The van der Waals surface area contributed by atoms with E-state index < -0.39 is 10.0 Å². The average molecular weight is 385 g/mol. The lowest BCUT2D eigenvalue weighted by molar-refractivity contribution is 0.0309. The van der Waals surface area contributed by atoms with Crippen LogP contribution in [0.3, 0.4) is 0 Å². The van der Waals surface area contributed by atoms with E-state index in [2.05, 4.69) is 4.90 Å². The third kappa shape index (κ3) is 5.44. The molecule has 0 aromatic heterocycles. The van der Waals surface area contributed by atoms with Crippen molar-refractivity contribution in [3.63, 3.8) is 0 Å². The Morgan fingerprint density at radius 2 is 2.04 bits per heavy atom. The molecule has 0 radical (unpaired) electrons. The van der Waals surface area contributed by atoms with Gasteiger partial charge in [0.05, 0.1) is 19.0 Å². The Bertz CT molecular complexity index is 660. The van der Waals surface area contributed by atoms with Crippen molar-refractivity contribution < 1.29 is 13.2 Å². The zero-order valence-electron chi connectivity index (χ0n) is 14.9. The lowest BCUT2D eigenvalue weighted by Crippen LogP contribution is -2.50. The third-order valence-corrected chi connectivity index (χ3v) is 7.84. The Kier molecular flexibility index (Phi) is 6.79. The second kappa shape index (κ2) is 8.86. The van der Waals surface area contributed by atoms with Gasteiger partial charge < -0.3 is 4.74 Å². The van der Waals surface area contributed by atoms with Gasteiger partial charge in [-0.25, -0.2) is 8.42 Å². The number of hydrogen-bond acceptors (Lipinski definition) is 5. The number of aryl methyl sites for hydroxylation is 1. The van der Waals surface area contributed by atoms with Gasteiger partial charge in [0.15, 0.2) is 0 Å². The van der Waals surface area contributed by atoms with Crippen LogP contribution in [0, 0.1) is 6.92 Å². The van der Waals surface area contributed by atoms with Gasteiger partial charge in [-0.1, -0.05) is 29.8 Å². The predicted molar refractivity (Wildman–Crippen MR) is 103 cm³/mol. The molecule has 3 rings (SSSR count). The van der Waals surface area contributed by atoms with Gasteiger partial charge in [0.2, 0.25) is 10.0 Å². The van der Waals surface area contributed by atoms with E-state index in [1.165, 1.54) is 0 Å². The largest absolute Gasteiger partial charge is 0.379 e. The summed E-state index contributed by atoms with van der Waals surface area (Å²) < 4.78 is 33.5. The molecule has 0 spiro atoms. The Balaban J connectivity index is 1.74. The zero-order chi connectivity index (χ0) is 17.7. The number of benzene rings is 1. The molecule has 2 aliphatic heterocycles. The van der Waals surface area contributed by atoms with Crippen molar-refractivity contribution in [3.8, 4) is 0 Å². The molecule has 0 aliphatic carbocycles. The Labute approximate surface area is 155 Å². The van der Waals surface area contributed by atoms with E-state index in [1.807, 2.05) is 43.0 Å². The minimum atomic E-state index is -3.31. The summed E-state index contributed by atoms with van der Waals surface area (Å²) in [6, 6.07) is 7.87. The molecule has 1 unspecified atom stereocenters. The maximum atomic E-state index is 13.1. The summed E-state index contributed by atoms with van der Waals surface area (Å²) >= 11 is 1.88. The lowest BCUT2D eigenvalue weighted by atomic mass is 10.2. The fraction of sp³-hybridized carbons (Fsp3) is 0.667. The summed E-state index contributed by atoms with van der Waals surface area (Å²) in [5, 5.41) is 0. The Morgan fingerprint density at radius 1 is 1.24 bits per heavy atom. The standard InChI is InChI=1S/C18H28N2O3S2/c1-16-4-2-5-17(12-16)15-25(21,22)20-6-3-11-24-14-18(20)13-19-7-9-23-10-8-19/h2,4-5,12,18H,3,6-11,13-15H2,1H3. The van der Waals surface area contributed by atoms with Crippen molar-refractivity contribution in [2.75, 3.05) is 50.9 Å². The molecule has 0 amide bonds. The highest BCUT2D eigenvalue weighted by Crippen LogP contribution is 2.23. The van der Waals surface area contributed by atoms with Crippen LogP contribution >= 0.6 is 11.8 Å². The van der Waals surface area contributed by atoms with Crippen LogP contribution in [0.2, 0.25) is 0 Å². The summed E-state index contributed by atoms with van der Waals surface area (Å²) in [5.41, 5.74) is 1.98. The highest BCUT2D eigenvalue weighted by molar-refractivity contribution is 7.99. The fourth-order valence-electron chi connectivity index (χ4n) is 3.49. The van der Waals surface area contributed by atoms with E-state index >= 15 is 0 Å². The predicted octanol–water partition coefficient (Wildman–Crippen LogP) is 1.96. The molecule has 0 bridgehead atoms. The van der Waals surface area contributed by atoms with Crippen LogP contribution in [0.4, 0.5) is 0 Å². The smallest absolute Gasteiger partial charge is 0.218 e. The summed E-state index contributed by atoms with van der Waals surface area (Å²) in [7, 11) is -3.31. The molecule has 25 heavy (non-hydrogen) atoms. The number of sulfonamides is 1. The van der Waals surface area contributed by atoms with Gasteiger partial charge >= 0.3 is 0 Å². The number of hydrogen-bond donors (Lipinski definition) is 0. The molecule has 0 N–H and O–H groups in total. The quantitative estimate of drug-likeness (QED) is 0.777. The molecule has 1 aromatic rings. The van der Waals surface area contributed by atoms with E-state index in [-0.39, 0.29) is 11.8 Å². The summed E-state index contributed by atoms with van der Waals surface area (Å²) in [6.45, 7) is 6.73. The lowest BCUT2D eigenvalue weighted by Gasteiger charge is -2.35. The van der Waals surface area contributed by atoms with Gasteiger partial charge in [0.25, 0.3) is 0 Å². The van der Waals surface area contributed by atoms with Gasteiger partial charge in [-0.15, -0.1) is 0 Å². The van der Waals surface area contributed by atoms with Crippen LogP contribution < -0.4 is 0 Å². The maximum Gasteiger partial charge on any atom is 0.218 e. The second-order valence-corrected chi connectivity index (χ2v) is 9.92. The van der Waals surface area contributed by atoms with Crippen LogP contribution in [0.1, 0.15) is 17.5 Å². The molecule has 2 heterocycles. The van der Waals surface area contributed by atoms with Crippen LogP contribution in [0.5, 0.6) is 0 Å². The molecule has 1 aromatic carbocycles. The number of rotatable bonds is 5. The average Bonchev–Trinajstić information content (AvgIpc) is 2.81. The Hall–Kier alpha value is -0.600. The first kappa shape index (κ1) is 19.2. The van der Waals surface area contributed by atoms with E-state index in [0.29, 0.717) is 6.54 Å². The monoisotopic (exact) mass is 384 g/mol. The Morgan fingerprint density at radius 3 is 2.80 bits per heavy atom. The number of thioether (sulfide) groups is 1. The van der Waals surface area contributed by atoms with Gasteiger partial charge in [-0.3, -0.25) is 4.90 Å². The van der Waals surface area contributed by atoms with E-state index in [9.17, 15) is 8.42 Å². The SMILES string of the molecule is Cc1cccc(CS(=O)(=O)N2CCCSCC2CN2CCOCC2)c1. The van der Waals surface area contributed by atoms with E-state index in [0.717, 1.165) is 61.9 Å². The highest BCUT2D eigenvalue weighted by atomic mass is 32.2. The van der Waals surface area contributed by atoms with Gasteiger partial charge in [-0.2, -0.15) is 16.1 Å². The van der Waals surface area contributed by atoms with Crippen molar-refractivity contribution >= 4 is 21.8 Å². The summed E-state index contributed by atoms with van der Waals surface area (Å²) in [6.07, 6.45) is 0.928. The normalized spacial score (nSPS) is 24.1. The van der Waals surface area contributed by atoms with Crippen LogP contribution in [-0.2, 0) is 20.5 Å². The molecule has 140 valence electrons. The topological polar surface area (TPSA) is 49.9 Å². The van der Waals surface area contributed by atoms with Crippen molar-refractivity contribution in [2.24, 2.45) is 0 Å². The first-order chi connectivity index (χ1) is 12.0. The first-order valence-electron chi connectivity index (χ1n) is 8.97. The summed E-state index contributed by atoms with van der Waals surface area (Å²) in [5.74, 6) is 2.01. The minimum Gasteiger partial charge on any atom is -0.379 e. The molecule has 2 fully saturated rings. The zero-order valence-corrected chi connectivity index (χ0v) is 16.5.